The highest BCUT2D eigenvalue weighted by atomic mass is 19.4. The summed E-state index contributed by atoms with van der Waals surface area (Å²) in [6.45, 7) is 0. The SMILES string of the molecule is N[C@@H](C(=O)Nc1ccccc1C(F)(F)F)c1ccccc1. The third-order valence-corrected chi connectivity index (χ3v) is 2.93. The van der Waals surface area contributed by atoms with Crippen molar-refractivity contribution in [2.75, 3.05) is 5.32 Å². The molecule has 0 aliphatic heterocycles. The smallest absolute Gasteiger partial charge is 0.324 e. The van der Waals surface area contributed by atoms with Crippen molar-refractivity contribution >= 4 is 11.6 Å². The first kappa shape index (κ1) is 15.1. The van der Waals surface area contributed by atoms with Gasteiger partial charge in [0.05, 0.1) is 11.3 Å². The average molecular weight is 294 g/mol. The molecule has 2 aromatic rings. The van der Waals surface area contributed by atoms with Crippen LogP contribution in [0.5, 0.6) is 0 Å². The fraction of sp³-hybridized carbons (Fsp3) is 0.133. The Bertz CT molecular complexity index is 626. The molecule has 1 atom stereocenters. The number of anilines is 1. The Morgan fingerprint density at radius 3 is 2.19 bits per heavy atom. The fourth-order valence-corrected chi connectivity index (χ4v) is 1.86. The third kappa shape index (κ3) is 3.61. The van der Waals surface area contributed by atoms with E-state index in [0.717, 1.165) is 6.07 Å². The number of para-hydroxylation sites is 1. The van der Waals surface area contributed by atoms with Crippen molar-refractivity contribution in [2.24, 2.45) is 5.73 Å². The lowest BCUT2D eigenvalue weighted by molar-refractivity contribution is -0.137. The van der Waals surface area contributed by atoms with Crippen LogP contribution < -0.4 is 11.1 Å². The number of carbonyl (C=O) groups excluding carboxylic acids is 1. The number of nitrogens with two attached hydrogens (primary N) is 1. The summed E-state index contributed by atoms with van der Waals surface area (Å²) in [5, 5.41) is 2.23. The molecule has 0 saturated carbocycles. The van der Waals surface area contributed by atoms with E-state index in [1.165, 1.54) is 18.2 Å². The quantitative estimate of drug-likeness (QED) is 0.912. The highest BCUT2D eigenvalue weighted by molar-refractivity contribution is 5.96. The zero-order valence-electron chi connectivity index (χ0n) is 10.9. The van der Waals surface area contributed by atoms with Crippen molar-refractivity contribution in [2.45, 2.75) is 12.2 Å². The van der Waals surface area contributed by atoms with Crippen molar-refractivity contribution in [3.05, 3.63) is 65.7 Å². The predicted molar refractivity (Wildman–Crippen MR) is 73.4 cm³/mol. The first-order valence-electron chi connectivity index (χ1n) is 6.17. The first-order valence-corrected chi connectivity index (χ1v) is 6.17. The molecule has 0 radical (unpaired) electrons. The molecule has 0 aliphatic rings. The molecule has 0 saturated heterocycles. The molecule has 0 unspecified atom stereocenters. The Kier molecular flexibility index (Phi) is 4.28. The highest BCUT2D eigenvalue weighted by Crippen LogP contribution is 2.34. The summed E-state index contributed by atoms with van der Waals surface area (Å²) in [4.78, 5) is 12.0. The van der Waals surface area contributed by atoms with Crippen LogP contribution in [0.25, 0.3) is 0 Å². The van der Waals surface area contributed by atoms with E-state index in [-0.39, 0.29) is 5.69 Å². The number of carbonyl (C=O) groups is 1. The van der Waals surface area contributed by atoms with Crippen LogP contribution in [0.1, 0.15) is 17.2 Å². The maximum Gasteiger partial charge on any atom is 0.418 e. The number of alkyl halides is 3. The van der Waals surface area contributed by atoms with E-state index in [0.29, 0.717) is 5.56 Å². The summed E-state index contributed by atoms with van der Waals surface area (Å²) >= 11 is 0. The second-order valence-corrected chi connectivity index (χ2v) is 4.42. The maximum atomic E-state index is 12.8. The summed E-state index contributed by atoms with van der Waals surface area (Å²) in [7, 11) is 0. The molecule has 1 amide bonds. The molecule has 2 rings (SSSR count). The zero-order valence-corrected chi connectivity index (χ0v) is 10.9. The van der Waals surface area contributed by atoms with E-state index in [1.54, 1.807) is 30.3 Å². The Labute approximate surface area is 119 Å². The molecule has 0 bridgehead atoms. The van der Waals surface area contributed by atoms with Crippen LogP contribution in [0.15, 0.2) is 54.6 Å². The van der Waals surface area contributed by atoms with Gasteiger partial charge in [-0.1, -0.05) is 42.5 Å². The van der Waals surface area contributed by atoms with Gasteiger partial charge in [-0.3, -0.25) is 4.79 Å². The molecule has 0 aliphatic carbocycles. The molecule has 21 heavy (non-hydrogen) atoms. The van der Waals surface area contributed by atoms with Gasteiger partial charge in [-0.25, -0.2) is 0 Å². The Hall–Kier alpha value is -2.34. The minimum absolute atomic E-state index is 0.304. The predicted octanol–water partition coefficient (Wildman–Crippen LogP) is 3.34. The summed E-state index contributed by atoms with van der Waals surface area (Å²) in [5.74, 6) is -0.696. The molecule has 0 fully saturated rings. The van der Waals surface area contributed by atoms with E-state index < -0.39 is 23.7 Å². The Balaban J connectivity index is 2.21. The van der Waals surface area contributed by atoms with Crippen LogP contribution in [0.2, 0.25) is 0 Å². The van der Waals surface area contributed by atoms with Crippen LogP contribution >= 0.6 is 0 Å². The summed E-state index contributed by atoms with van der Waals surface area (Å²) < 4.78 is 38.5. The van der Waals surface area contributed by atoms with E-state index in [2.05, 4.69) is 5.32 Å². The number of hydrogen-bond donors (Lipinski definition) is 2. The van der Waals surface area contributed by atoms with E-state index in [4.69, 9.17) is 5.73 Å². The number of benzene rings is 2. The van der Waals surface area contributed by atoms with Gasteiger partial charge in [-0.2, -0.15) is 13.2 Å². The van der Waals surface area contributed by atoms with Crippen molar-refractivity contribution in [1.82, 2.24) is 0 Å². The average Bonchev–Trinajstić information content (AvgIpc) is 2.47. The lowest BCUT2D eigenvalue weighted by atomic mass is 10.1. The van der Waals surface area contributed by atoms with Crippen LogP contribution in [-0.2, 0) is 11.0 Å². The lowest BCUT2D eigenvalue weighted by Gasteiger charge is -2.16. The number of nitrogens with one attached hydrogen (secondary N) is 1. The normalized spacial score (nSPS) is 12.8. The molecular weight excluding hydrogens is 281 g/mol. The van der Waals surface area contributed by atoms with Gasteiger partial charge in [0.25, 0.3) is 0 Å². The molecule has 3 nitrogen and oxygen atoms in total. The highest BCUT2D eigenvalue weighted by Gasteiger charge is 2.33. The summed E-state index contributed by atoms with van der Waals surface area (Å²) in [6, 6.07) is 12.2. The molecule has 0 aromatic heterocycles. The monoisotopic (exact) mass is 294 g/mol. The molecular formula is C15H13F3N2O. The molecule has 0 heterocycles. The zero-order chi connectivity index (χ0) is 15.5. The second kappa shape index (κ2) is 5.97. The molecule has 3 N–H and O–H groups in total. The van der Waals surface area contributed by atoms with Gasteiger partial charge < -0.3 is 11.1 Å². The fourth-order valence-electron chi connectivity index (χ4n) is 1.86. The van der Waals surface area contributed by atoms with E-state index in [1.807, 2.05) is 0 Å². The van der Waals surface area contributed by atoms with Gasteiger partial charge in [0.15, 0.2) is 0 Å². The number of rotatable bonds is 3. The topological polar surface area (TPSA) is 55.1 Å². The largest absolute Gasteiger partial charge is 0.418 e. The lowest BCUT2D eigenvalue weighted by Crippen LogP contribution is -2.28. The van der Waals surface area contributed by atoms with Gasteiger partial charge >= 0.3 is 6.18 Å². The van der Waals surface area contributed by atoms with Crippen LogP contribution in [-0.4, -0.2) is 5.91 Å². The molecule has 6 heteroatoms. The minimum atomic E-state index is -4.54. The van der Waals surface area contributed by atoms with Crippen molar-refractivity contribution in [3.8, 4) is 0 Å². The third-order valence-electron chi connectivity index (χ3n) is 2.93. The Morgan fingerprint density at radius 1 is 1.00 bits per heavy atom. The van der Waals surface area contributed by atoms with Crippen LogP contribution in [0, 0.1) is 0 Å². The van der Waals surface area contributed by atoms with Crippen LogP contribution in [0.4, 0.5) is 18.9 Å². The Morgan fingerprint density at radius 2 is 1.57 bits per heavy atom. The molecule has 2 aromatic carbocycles. The number of halogens is 3. The summed E-state index contributed by atoms with van der Waals surface area (Å²) in [6.07, 6.45) is -4.54. The first-order chi connectivity index (χ1) is 9.89. The van der Waals surface area contributed by atoms with Crippen molar-refractivity contribution < 1.29 is 18.0 Å². The van der Waals surface area contributed by atoms with Gasteiger partial charge in [0.2, 0.25) is 5.91 Å². The number of hydrogen-bond acceptors (Lipinski definition) is 2. The number of amides is 1. The maximum absolute atomic E-state index is 12.8. The van der Waals surface area contributed by atoms with Gasteiger partial charge in [-0.05, 0) is 17.7 Å². The van der Waals surface area contributed by atoms with Crippen molar-refractivity contribution in [3.63, 3.8) is 0 Å². The van der Waals surface area contributed by atoms with Gasteiger partial charge in [0, 0.05) is 0 Å². The minimum Gasteiger partial charge on any atom is -0.324 e. The van der Waals surface area contributed by atoms with Gasteiger partial charge in [0.1, 0.15) is 6.04 Å². The van der Waals surface area contributed by atoms with Crippen molar-refractivity contribution in [1.29, 1.82) is 0 Å². The second-order valence-electron chi connectivity index (χ2n) is 4.42. The standard InChI is InChI=1S/C15H13F3N2O/c16-15(17,18)11-8-4-5-9-12(11)20-14(21)13(19)10-6-2-1-3-7-10/h1-9,13H,19H2,(H,20,21)/t13-/m1/s1. The van der Waals surface area contributed by atoms with Gasteiger partial charge in [-0.15, -0.1) is 0 Å². The van der Waals surface area contributed by atoms with E-state index in [9.17, 15) is 18.0 Å². The van der Waals surface area contributed by atoms with Crippen LogP contribution in [0.3, 0.4) is 0 Å². The molecule has 0 spiro atoms. The summed E-state index contributed by atoms with van der Waals surface area (Å²) in [5.41, 5.74) is 5.07. The molecule has 110 valence electrons. The van der Waals surface area contributed by atoms with E-state index >= 15 is 0 Å².